The van der Waals surface area contributed by atoms with Gasteiger partial charge >= 0.3 is 6.03 Å². The molecule has 208 valence electrons. The molecule has 0 aromatic heterocycles. The van der Waals surface area contributed by atoms with E-state index in [0.29, 0.717) is 38.4 Å². The molecule has 1 heterocycles. The summed E-state index contributed by atoms with van der Waals surface area (Å²) in [7, 11) is 0. The van der Waals surface area contributed by atoms with Crippen LogP contribution in [0.25, 0.3) is 0 Å². The van der Waals surface area contributed by atoms with Crippen molar-refractivity contribution in [3.63, 3.8) is 0 Å². The van der Waals surface area contributed by atoms with Crippen molar-refractivity contribution in [3.05, 3.63) is 35.9 Å². The van der Waals surface area contributed by atoms with Crippen LogP contribution in [0.3, 0.4) is 0 Å². The molecule has 2 N–H and O–H groups in total. The van der Waals surface area contributed by atoms with E-state index in [4.69, 9.17) is 0 Å². The number of hydrogen-bond donors (Lipinski definition) is 2. The Morgan fingerprint density at radius 3 is 2.37 bits per heavy atom. The Hall–Kier alpha value is -2.90. The van der Waals surface area contributed by atoms with Gasteiger partial charge in [0.25, 0.3) is 0 Å². The maximum Gasteiger partial charge on any atom is 0.327 e. The number of aryl methyl sites for hydroxylation is 1. The molecule has 3 aliphatic rings. The van der Waals surface area contributed by atoms with Crippen LogP contribution in [0.4, 0.5) is 4.79 Å². The lowest BCUT2D eigenvalue weighted by atomic mass is 9.81. The molecule has 1 aromatic carbocycles. The van der Waals surface area contributed by atoms with E-state index >= 15 is 0 Å². The molecule has 2 saturated carbocycles. The Morgan fingerprint density at radius 2 is 1.58 bits per heavy atom. The van der Waals surface area contributed by atoms with Gasteiger partial charge in [0, 0.05) is 31.6 Å². The largest absolute Gasteiger partial charge is 0.355 e. The molecular formula is C30H44N4O4. The molecule has 1 saturated heterocycles. The van der Waals surface area contributed by atoms with Crippen LogP contribution in [0.2, 0.25) is 0 Å². The third-order valence-corrected chi connectivity index (χ3v) is 8.32. The number of nitrogens with zero attached hydrogens (tertiary/aromatic N) is 2. The number of fused-ring (bicyclic) bond motifs is 1. The lowest BCUT2D eigenvalue weighted by molar-refractivity contribution is -0.142. The van der Waals surface area contributed by atoms with Gasteiger partial charge in [0.1, 0.15) is 6.54 Å². The van der Waals surface area contributed by atoms with Gasteiger partial charge in [-0.1, -0.05) is 62.4 Å². The summed E-state index contributed by atoms with van der Waals surface area (Å²) in [6, 6.07) is 9.90. The van der Waals surface area contributed by atoms with E-state index in [9.17, 15) is 19.2 Å². The summed E-state index contributed by atoms with van der Waals surface area (Å²) in [6.45, 7) is 0.834. The average Bonchev–Trinajstić information content (AvgIpc) is 2.94. The fourth-order valence-electron chi connectivity index (χ4n) is 6.23. The zero-order chi connectivity index (χ0) is 26.7. The van der Waals surface area contributed by atoms with Gasteiger partial charge in [-0.25, -0.2) is 4.79 Å². The summed E-state index contributed by atoms with van der Waals surface area (Å²) in [4.78, 5) is 54.7. The lowest BCUT2D eigenvalue weighted by Crippen LogP contribution is -2.64. The molecule has 0 spiro atoms. The molecule has 2 atom stereocenters. The third-order valence-electron chi connectivity index (χ3n) is 8.32. The first-order valence-electron chi connectivity index (χ1n) is 14.7. The standard InChI is InChI=1S/C30H44N4O4/c35-27(32-24-15-5-2-6-16-24)19-9-10-21-33-29(37)25-17-7-8-18-26(25)34(30(33)38)22-28(36)31-20-11-14-23-12-3-1-4-13-23/h1,3-4,12-13,24-26H,2,5-11,14-22H2,(H,31,36)(H,32,35). The maximum absolute atomic E-state index is 13.4. The summed E-state index contributed by atoms with van der Waals surface area (Å²) in [6.07, 6.45) is 12.5. The molecule has 38 heavy (non-hydrogen) atoms. The minimum Gasteiger partial charge on any atom is -0.355 e. The topological polar surface area (TPSA) is 98.8 Å². The van der Waals surface area contributed by atoms with Crippen molar-refractivity contribution in [1.82, 2.24) is 20.4 Å². The maximum atomic E-state index is 13.4. The van der Waals surface area contributed by atoms with E-state index in [-0.39, 0.29) is 42.3 Å². The number of carbonyl (C=O) groups excluding carboxylic acids is 4. The van der Waals surface area contributed by atoms with Crippen molar-refractivity contribution >= 4 is 23.8 Å². The molecular weight excluding hydrogens is 480 g/mol. The van der Waals surface area contributed by atoms with E-state index < -0.39 is 0 Å². The molecule has 0 radical (unpaired) electrons. The minimum atomic E-state index is -0.357. The second kappa shape index (κ2) is 14.3. The predicted molar refractivity (Wildman–Crippen MR) is 146 cm³/mol. The smallest absolute Gasteiger partial charge is 0.327 e. The van der Waals surface area contributed by atoms with Crippen molar-refractivity contribution in [2.75, 3.05) is 19.6 Å². The Kier molecular flexibility index (Phi) is 10.6. The average molecular weight is 525 g/mol. The summed E-state index contributed by atoms with van der Waals surface area (Å²) in [5.74, 6) is -0.455. The summed E-state index contributed by atoms with van der Waals surface area (Å²) in [5, 5.41) is 6.09. The molecule has 8 heteroatoms. The van der Waals surface area contributed by atoms with Gasteiger partial charge in [0.15, 0.2) is 0 Å². The fraction of sp³-hybridized carbons (Fsp3) is 0.667. The van der Waals surface area contributed by atoms with Crippen molar-refractivity contribution in [2.45, 2.75) is 102 Å². The van der Waals surface area contributed by atoms with Crippen molar-refractivity contribution in [3.8, 4) is 0 Å². The van der Waals surface area contributed by atoms with Crippen LogP contribution in [-0.4, -0.2) is 65.3 Å². The van der Waals surface area contributed by atoms with E-state index in [2.05, 4.69) is 22.8 Å². The van der Waals surface area contributed by atoms with Gasteiger partial charge < -0.3 is 15.5 Å². The number of unbranched alkanes of at least 4 members (excludes halogenated alkanes) is 1. The van der Waals surface area contributed by atoms with Crippen LogP contribution in [0, 0.1) is 5.92 Å². The van der Waals surface area contributed by atoms with Crippen molar-refractivity contribution in [2.24, 2.45) is 5.92 Å². The van der Waals surface area contributed by atoms with Gasteiger partial charge in [0.2, 0.25) is 17.7 Å². The van der Waals surface area contributed by atoms with Gasteiger partial charge in [-0.2, -0.15) is 0 Å². The highest BCUT2D eigenvalue weighted by Gasteiger charge is 2.47. The molecule has 1 aromatic rings. The Bertz CT molecular complexity index is 947. The van der Waals surface area contributed by atoms with Gasteiger partial charge in [-0.05, 0) is 56.9 Å². The summed E-state index contributed by atoms with van der Waals surface area (Å²) < 4.78 is 0. The molecule has 8 nitrogen and oxygen atoms in total. The number of imide groups is 1. The SMILES string of the molecule is O=C(CN1C(=O)N(CCCCC(=O)NC2CCCCC2)C(=O)C2CCCCC21)NCCCc1ccccc1. The molecule has 1 aliphatic heterocycles. The predicted octanol–water partition coefficient (Wildman–Crippen LogP) is 4.18. The number of carbonyl (C=O) groups is 4. The Morgan fingerprint density at radius 1 is 0.842 bits per heavy atom. The van der Waals surface area contributed by atoms with Crippen LogP contribution >= 0.6 is 0 Å². The normalized spacial score (nSPS) is 22.2. The van der Waals surface area contributed by atoms with E-state index in [0.717, 1.165) is 51.4 Å². The first kappa shape index (κ1) is 28.1. The fourth-order valence-corrected chi connectivity index (χ4v) is 6.23. The molecule has 4 rings (SSSR count). The Balaban J connectivity index is 1.24. The first-order valence-corrected chi connectivity index (χ1v) is 14.7. The van der Waals surface area contributed by atoms with Crippen LogP contribution in [0.1, 0.15) is 89.0 Å². The number of rotatable bonds is 12. The lowest BCUT2D eigenvalue weighted by Gasteiger charge is -2.46. The minimum absolute atomic E-state index is 0.0150. The summed E-state index contributed by atoms with van der Waals surface area (Å²) >= 11 is 0. The molecule has 5 amide bonds. The quantitative estimate of drug-likeness (QED) is 0.401. The number of urea groups is 1. The number of amides is 5. The van der Waals surface area contributed by atoms with Crippen LogP contribution < -0.4 is 10.6 Å². The van der Waals surface area contributed by atoms with Crippen molar-refractivity contribution in [1.29, 1.82) is 0 Å². The zero-order valence-corrected chi connectivity index (χ0v) is 22.7. The van der Waals surface area contributed by atoms with Crippen LogP contribution in [0.15, 0.2) is 30.3 Å². The Labute approximate surface area is 226 Å². The van der Waals surface area contributed by atoms with Crippen molar-refractivity contribution < 1.29 is 19.2 Å². The van der Waals surface area contributed by atoms with Gasteiger partial charge in [-0.3, -0.25) is 19.3 Å². The highest BCUT2D eigenvalue weighted by molar-refractivity contribution is 6.00. The third kappa shape index (κ3) is 7.81. The van der Waals surface area contributed by atoms with E-state index in [1.165, 1.54) is 29.7 Å². The number of hydrogen-bond acceptors (Lipinski definition) is 4. The monoisotopic (exact) mass is 524 g/mol. The highest BCUT2D eigenvalue weighted by atomic mass is 16.2. The molecule has 2 unspecified atom stereocenters. The van der Waals surface area contributed by atoms with Crippen LogP contribution in [-0.2, 0) is 20.8 Å². The van der Waals surface area contributed by atoms with E-state index in [1.807, 2.05) is 18.2 Å². The van der Waals surface area contributed by atoms with Gasteiger partial charge in [-0.15, -0.1) is 0 Å². The molecule has 0 bridgehead atoms. The second-order valence-corrected chi connectivity index (χ2v) is 11.2. The summed E-state index contributed by atoms with van der Waals surface area (Å²) in [5.41, 5.74) is 1.23. The molecule has 3 fully saturated rings. The number of nitrogens with one attached hydrogen (secondary N) is 2. The number of benzene rings is 1. The van der Waals surface area contributed by atoms with E-state index in [1.54, 1.807) is 4.90 Å². The second-order valence-electron chi connectivity index (χ2n) is 11.2. The first-order chi connectivity index (χ1) is 18.5. The van der Waals surface area contributed by atoms with Gasteiger partial charge in [0.05, 0.1) is 5.92 Å². The highest BCUT2D eigenvalue weighted by Crippen LogP contribution is 2.34. The van der Waals surface area contributed by atoms with Crippen LogP contribution in [0.5, 0.6) is 0 Å². The molecule has 2 aliphatic carbocycles. The zero-order valence-electron chi connectivity index (χ0n) is 22.7.